The molecule has 5 nitrogen and oxygen atoms in total. The van der Waals surface area contributed by atoms with Gasteiger partial charge in [0, 0.05) is 24.2 Å². The van der Waals surface area contributed by atoms with Crippen LogP contribution in [0, 0.1) is 6.92 Å². The molecule has 0 saturated heterocycles. The minimum absolute atomic E-state index is 0.192. The number of amides is 1. The number of halogens is 1. The highest BCUT2D eigenvalue weighted by Crippen LogP contribution is 2.26. The lowest BCUT2D eigenvalue weighted by Crippen LogP contribution is -2.28. The molecule has 0 aliphatic carbocycles. The summed E-state index contributed by atoms with van der Waals surface area (Å²) >= 11 is 5.97. The van der Waals surface area contributed by atoms with E-state index in [1.165, 1.54) is 11.4 Å². The topological polar surface area (TPSA) is 66.5 Å². The Morgan fingerprint density at radius 3 is 2.41 bits per heavy atom. The average molecular weight is 429 g/mol. The SMILES string of the molecule is Cc1ccc(C(=O)NCc2cccc(Cl)c2)cc1N(C)S(=O)(=O)c1ccccc1. The smallest absolute Gasteiger partial charge is 0.264 e. The van der Waals surface area contributed by atoms with Crippen molar-refractivity contribution in [1.29, 1.82) is 0 Å². The van der Waals surface area contributed by atoms with E-state index >= 15 is 0 Å². The van der Waals surface area contributed by atoms with Crippen molar-refractivity contribution in [3.8, 4) is 0 Å². The summed E-state index contributed by atoms with van der Waals surface area (Å²) in [6, 6.07) is 20.4. The molecule has 1 amide bonds. The van der Waals surface area contributed by atoms with Crippen LogP contribution in [-0.2, 0) is 16.6 Å². The maximum atomic E-state index is 12.9. The molecule has 0 atom stereocenters. The number of aryl methyl sites for hydroxylation is 1. The molecule has 0 saturated carbocycles. The second kappa shape index (κ2) is 8.68. The molecule has 0 unspecified atom stereocenters. The molecule has 0 radical (unpaired) electrons. The molecule has 7 heteroatoms. The first-order valence-electron chi connectivity index (χ1n) is 8.96. The molecule has 150 valence electrons. The summed E-state index contributed by atoms with van der Waals surface area (Å²) < 4.78 is 27.0. The molecule has 1 N–H and O–H groups in total. The summed E-state index contributed by atoms with van der Waals surface area (Å²) in [4.78, 5) is 12.8. The number of anilines is 1. The minimum atomic E-state index is -3.73. The Morgan fingerprint density at radius 1 is 1.00 bits per heavy atom. The highest BCUT2D eigenvalue weighted by molar-refractivity contribution is 7.92. The van der Waals surface area contributed by atoms with Gasteiger partial charge in [-0.25, -0.2) is 8.42 Å². The predicted molar refractivity (Wildman–Crippen MR) is 116 cm³/mol. The van der Waals surface area contributed by atoms with Crippen molar-refractivity contribution in [2.75, 3.05) is 11.4 Å². The molecule has 0 spiro atoms. The number of sulfonamides is 1. The van der Waals surface area contributed by atoms with Crippen LogP contribution >= 0.6 is 11.6 Å². The van der Waals surface area contributed by atoms with Crippen molar-refractivity contribution in [1.82, 2.24) is 5.32 Å². The van der Waals surface area contributed by atoms with Crippen LogP contribution in [0.1, 0.15) is 21.5 Å². The molecule has 3 rings (SSSR count). The van der Waals surface area contributed by atoms with Gasteiger partial charge in [0.25, 0.3) is 15.9 Å². The molecular formula is C22H21ClN2O3S. The van der Waals surface area contributed by atoms with Crippen LogP contribution in [0.15, 0.2) is 77.7 Å². The number of nitrogens with zero attached hydrogens (tertiary/aromatic N) is 1. The van der Waals surface area contributed by atoms with Gasteiger partial charge in [-0.05, 0) is 54.4 Å². The Kier molecular flexibility index (Phi) is 6.25. The number of rotatable bonds is 6. The number of carbonyl (C=O) groups is 1. The van der Waals surface area contributed by atoms with Gasteiger partial charge < -0.3 is 5.32 Å². The van der Waals surface area contributed by atoms with Crippen LogP contribution in [0.3, 0.4) is 0 Å². The first-order chi connectivity index (χ1) is 13.8. The second-order valence-electron chi connectivity index (χ2n) is 6.60. The second-order valence-corrected chi connectivity index (χ2v) is 9.01. The molecule has 3 aromatic carbocycles. The lowest BCUT2D eigenvalue weighted by Gasteiger charge is -2.22. The zero-order valence-electron chi connectivity index (χ0n) is 16.1. The first kappa shape index (κ1) is 20.9. The third-order valence-corrected chi connectivity index (χ3v) is 6.58. The summed E-state index contributed by atoms with van der Waals surface area (Å²) in [7, 11) is -2.25. The Morgan fingerprint density at radius 2 is 1.72 bits per heavy atom. The number of nitrogens with one attached hydrogen (secondary N) is 1. The van der Waals surface area contributed by atoms with Gasteiger partial charge in [-0.15, -0.1) is 0 Å². The lowest BCUT2D eigenvalue weighted by molar-refractivity contribution is 0.0951. The Labute approximate surface area is 176 Å². The number of carbonyl (C=O) groups excluding carboxylic acids is 1. The molecule has 29 heavy (non-hydrogen) atoms. The molecule has 0 aliphatic heterocycles. The average Bonchev–Trinajstić information content (AvgIpc) is 2.72. The maximum Gasteiger partial charge on any atom is 0.264 e. The molecule has 0 bridgehead atoms. The number of benzene rings is 3. The van der Waals surface area contributed by atoms with Crippen molar-refractivity contribution >= 4 is 33.2 Å². The third kappa shape index (κ3) is 4.78. The van der Waals surface area contributed by atoms with Gasteiger partial charge in [-0.1, -0.05) is 48.0 Å². The van der Waals surface area contributed by atoms with Crippen LogP contribution in [-0.4, -0.2) is 21.4 Å². The summed E-state index contributed by atoms with van der Waals surface area (Å²) in [5, 5.41) is 3.43. The van der Waals surface area contributed by atoms with E-state index in [0.29, 0.717) is 22.8 Å². The van der Waals surface area contributed by atoms with E-state index in [9.17, 15) is 13.2 Å². The van der Waals surface area contributed by atoms with E-state index in [1.807, 2.05) is 12.1 Å². The quantitative estimate of drug-likeness (QED) is 0.632. The molecular weight excluding hydrogens is 408 g/mol. The number of hydrogen-bond donors (Lipinski definition) is 1. The standard InChI is InChI=1S/C22H21ClN2O3S/c1-16-11-12-18(22(26)24-15-17-7-6-8-19(23)13-17)14-21(16)25(2)29(27,28)20-9-4-3-5-10-20/h3-14H,15H2,1-2H3,(H,24,26). The van der Waals surface area contributed by atoms with Gasteiger partial charge in [0.2, 0.25) is 0 Å². The maximum absolute atomic E-state index is 12.9. The first-order valence-corrected chi connectivity index (χ1v) is 10.8. The predicted octanol–water partition coefficient (Wildman–Crippen LogP) is 4.40. The summed E-state index contributed by atoms with van der Waals surface area (Å²) in [6.45, 7) is 2.13. The Bertz CT molecular complexity index is 1130. The van der Waals surface area contributed by atoms with Crippen LogP contribution in [0.4, 0.5) is 5.69 Å². The van der Waals surface area contributed by atoms with Crippen molar-refractivity contribution in [2.24, 2.45) is 0 Å². The van der Waals surface area contributed by atoms with Gasteiger partial charge in [0.15, 0.2) is 0 Å². The largest absolute Gasteiger partial charge is 0.348 e. The van der Waals surface area contributed by atoms with Gasteiger partial charge in [-0.3, -0.25) is 9.10 Å². The molecule has 0 fully saturated rings. The fraction of sp³-hybridized carbons (Fsp3) is 0.136. The highest BCUT2D eigenvalue weighted by Gasteiger charge is 2.23. The normalized spacial score (nSPS) is 11.1. The monoisotopic (exact) mass is 428 g/mol. The third-order valence-electron chi connectivity index (χ3n) is 4.55. The van der Waals surface area contributed by atoms with Crippen molar-refractivity contribution in [3.63, 3.8) is 0 Å². The van der Waals surface area contributed by atoms with Crippen LogP contribution < -0.4 is 9.62 Å². The van der Waals surface area contributed by atoms with Crippen molar-refractivity contribution in [3.05, 3.63) is 94.5 Å². The summed E-state index contributed by atoms with van der Waals surface area (Å²) in [6.07, 6.45) is 0. The molecule has 0 aliphatic rings. The van der Waals surface area contributed by atoms with Gasteiger partial charge >= 0.3 is 0 Å². The van der Waals surface area contributed by atoms with E-state index in [1.54, 1.807) is 67.6 Å². The number of hydrogen-bond acceptors (Lipinski definition) is 3. The zero-order chi connectivity index (χ0) is 21.0. The fourth-order valence-corrected chi connectivity index (χ4v) is 4.39. The molecule has 0 heterocycles. The molecule has 0 aromatic heterocycles. The van der Waals surface area contributed by atoms with Crippen LogP contribution in [0.2, 0.25) is 5.02 Å². The van der Waals surface area contributed by atoms with Gasteiger partial charge in [-0.2, -0.15) is 0 Å². The van der Waals surface area contributed by atoms with E-state index in [-0.39, 0.29) is 10.8 Å². The lowest BCUT2D eigenvalue weighted by atomic mass is 10.1. The molecule has 3 aromatic rings. The Balaban J connectivity index is 1.83. The van der Waals surface area contributed by atoms with E-state index in [4.69, 9.17) is 11.6 Å². The van der Waals surface area contributed by atoms with Crippen molar-refractivity contribution in [2.45, 2.75) is 18.4 Å². The summed E-state index contributed by atoms with van der Waals surface area (Å²) in [5.74, 6) is -0.295. The van der Waals surface area contributed by atoms with E-state index in [2.05, 4.69) is 5.32 Å². The van der Waals surface area contributed by atoms with Crippen molar-refractivity contribution < 1.29 is 13.2 Å². The van der Waals surface area contributed by atoms with E-state index in [0.717, 1.165) is 11.1 Å². The zero-order valence-corrected chi connectivity index (χ0v) is 17.7. The highest BCUT2D eigenvalue weighted by atomic mass is 35.5. The fourth-order valence-electron chi connectivity index (χ4n) is 2.90. The minimum Gasteiger partial charge on any atom is -0.348 e. The Hall–Kier alpha value is -2.83. The van der Waals surface area contributed by atoms with Gasteiger partial charge in [0.1, 0.15) is 0 Å². The summed E-state index contributed by atoms with van der Waals surface area (Å²) in [5.41, 5.74) is 2.45. The van der Waals surface area contributed by atoms with E-state index < -0.39 is 10.0 Å². The van der Waals surface area contributed by atoms with Gasteiger partial charge in [0.05, 0.1) is 10.6 Å². The van der Waals surface area contributed by atoms with Crippen LogP contribution in [0.25, 0.3) is 0 Å². The van der Waals surface area contributed by atoms with Crippen LogP contribution in [0.5, 0.6) is 0 Å².